The van der Waals surface area contributed by atoms with Crippen LogP contribution in [0.4, 0.5) is 4.39 Å². The van der Waals surface area contributed by atoms with E-state index in [1.165, 1.54) is 18.9 Å². The molecule has 0 saturated heterocycles. The maximum atomic E-state index is 13.8. The molecule has 1 aliphatic rings. The van der Waals surface area contributed by atoms with Gasteiger partial charge in [0.15, 0.2) is 0 Å². The van der Waals surface area contributed by atoms with Crippen molar-refractivity contribution in [3.8, 4) is 0 Å². The molecule has 90 valence electrons. The van der Waals surface area contributed by atoms with Crippen molar-refractivity contribution in [3.05, 3.63) is 34.2 Å². The summed E-state index contributed by atoms with van der Waals surface area (Å²) >= 11 is 3.58. The summed E-state index contributed by atoms with van der Waals surface area (Å²) in [4.78, 5) is 0. The second-order valence-corrected chi connectivity index (χ2v) is 5.40. The van der Waals surface area contributed by atoms with Gasteiger partial charge in [-0.3, -0.25) is 0 Å². The monoisotopic (exact) mass is 296 g/mol. The molecule has 0 atom stereocenters. The zero-order valence-electron chi connectivity index (χ0n) is 9.63. The third-order valence-corrected chi connectivity index (χ3v) is 4.24. The van der Waals surface area contributed by atoms with E-state index in [-0.39, 0.29) is 5.82 Å². The molecule has 2 nitrogen and oxygen atoms in total. The van der Waals surface area contributed by atoms with Crippen molar-refractivity contribution >= 4 is 26.8 Å². The van der Waals surface area contributed by atoms with Gasteiger partial charge in [0.05, 0.1) is 5.52 Å². The second-order valence-electron chi connectivity index (χ2n) is 4.61. The number of aromatic nitrogens is 1. The lowest BCUT2D eigenvalue weighted by atomic mass is 10.2. The van der Waals surface area contributed by atoms with Crippen LogP contribution in [0.1, 0.15) is 18.5 Å². The van der Waals surface area contributed by atoms with Crippen LogP contribution in [0.15, 0.2) is 22.7 Å². The van der Waals surface area contributed by atoms with E-state index in [0.29, 0.717) is 11.6 Å². The highest BCUT2D eigenvalue weighted by Crippen LogP contribution is 2.32. The van der Waals surface area contributed by atoms with E-state index in [4.69, 9.17) is 0 Å². The van der Waals surface area contributed by atoms with E-state index < -0.39 is 0 Å². The average Bonchev–Trinajstić information content (AvgIpc) is 3.08. The lowest BCUT2D eigenvalue weighted by Gasteiger charge is -2.06. The number of nitrogens with one attached hydrogen (secondary N) is 1. The van der Waals surface area contributed by atoms with Gasteiger partial charge >= 0.3 is 0 Å². The standard InChI is InChI=1S/C13H14BrFN2/c1-17-11(7-16-8-5-6-8)12(14)9-3-2-4-10(15)13(9)17/h2-4,8,16H,5-7H2,1H3. The molecule has 0 aliphatic heterocycles. The van der Waals surface area contributed by atoms with Crippen LogP contribution >= 0.6 is 15.9 Å². The van der Waals surface area contributed by atoms with Gasteiger partial charge in [0.25, 0.3) is 0 Å². The molecule has 17 heavy (non-hydrogen) atoms. The first kappa shape index (κ1) is 11.2. The predicted octanol–water partition coefficient (Wildman–Crippen LogP) is 3.33. The number of hydrogen-bond acceptors (Lipinski definition) is 1. The molecule has 1 saturated carbocycles. The Balaban J connectivity index is 2.07. The van der Waals surface area contributed by atoms with Gasteiger partial charge in [-0.25, -0.2) is 4.39 Å². The SMILES string of the molecule is Cn1c(CNC2CC2)c(Br)c2cccc(F)c21. The van der Waals surface area contributed by atoms with Gasteiger partial charge in [-0.15, -0.1) is 0 Å². The van der Waals surface area contributed by atoms with Gasteiger partial charge in [0, 0.05) is 35.2 Å². The number of nitrogens with zero attached hydrogens (tertiary/aromatic N) is 1. The molecule has 1 aromatic heterocycles. The van der Waals surface area contributed by atoms with Gasteiger partial charge in [-0.2, -0.15) is 0 Å². The minimum absolute atomic E-state index is 0.164. The Morgan fingerprint density at radius 2 is 2.24 bits per heavy atom. The fourth-order valence-corrected chi connectivity index (χ4v) is 2.92. The Labute approximate surface area is 108 Å². The second kappa shape index (κ2) is 4.10. The zero-order chi connectivity index (χ0) is 12.0. The highest BCUT2D eigenvalue weighted by atomic mass is 79.9. The van der Waals surface area contributed by atoms with Crippen LogP contribution in [0.25, 0.3) is 10.9 Å². The van der Waals surface area contributed by atoms with Crippen molar-refractivity contribution in [2.24, 2.45) is 7.05 Å². The van der Waals surface area contributed by atoms with Crippen LogP contribution < -0.4 is 5.32 Å². The number of hydrogen-bond donors (Lipinski definition) is 1. The Bertz CT molecular complexity index is 572. The van der Waals surface area contributed by atoms with E-state index in [9.17, 15) is 4.39 Å². The normalized spacial score (nSPS) is 15.7. The molecule has 1 heterocycles. The number of fused-ring (bicyclic) bond motifs is 1. The maximum absolute atomic E-state index is 13.8. The number of para-hydroxylation sites is 1. The lowest BCUT2D eigenvalue weighted by Crippen LogP contribution is -2.17. The van der Waals surface area contributed by atoms with Crippen molar-refractivity contribution in [2.45, 2.75) is 25.4 Å². The van der Waals surface area contributed by atoms with Crippen molar-refractivity contribution in [1.29, 1.82) is 0 Å². The molecule has 0 amide bonds. The van der Waals surface area contributed by atoms with E-state index >= 15 is 0 Å². The highest BCUT2D eigenvalue weighted by molar-refractivity contribution is 9.10. The smallest absolute Gasteiger partial charge is 0.147 e. The fraction of sp³-hybridized carbons (Fsp3) is 0.385. The van der Waals surface area contributed by atoms with Gasteiger partial charge < -0.3 is 9.88 Å². The molecule has 4 heteroatoms. The summed E-state index contributed by atoms with van der Waals surface area (Å²) in [7, 11) is 1.92. The Morgan fingerprint density at radius 3 is 2.88 bits per heavy atom. The zero-order valence-corrected chi connectivity index (χ0v) is 11.2. The fourth-order valence-electron chi connectivity index (χ4n) is 2.20. The van der Waals surface area contributed by atoms with Crippen LogP contribution in [0.5, 0.6) is 0 Å². The lowest BCUT2D eigenvalue weighted by molar-refractivity contribution is 0.622. The summed E-state index contributed by atoms with van der Waals surface area (Å²) < 4.78 is 16.7. The highest BCUT2D eigenvalue weighted by Gasteiger charge is 2.22. The summed E-state index contributed by atoms with van der Waals surface area (Å²) in [5.41, 5.74) is 1.78. The molecular weight excluding hydrogens is 283 g/mol. The third kappa shape index (κ3) is 1.89. The van der Waals surface area contributed by atoms with Crippen molar-refractivity contribution < 1.29 is 4.39 Å². The minimum Gasteiger partial charge on any atom is -0.343 e. The number of aryl methyl sites for hydroxylation is 1. The Morgan fingerprint density at radius 1 is 1.47 bits per heavy atom. The third-order valence-electron chi connectivity index (χ3n) is 3.35. The number of halogens is 2. The molecule has 0 radical (unpaired) electrons. The summed E-state index contributed by atoms with van der Waals surface area (Å²) in [6.45, 7) is 0.788. The molecule has 0 bridgehead atoms. The average molecular weight is 297 g/mol. The van der Waals surface area contributed by atoms with E-state index in [0.717, 1.165) is 22.1 Å². The van der Waals surface area contributed by atoms with Crippen molar-refractivity contribution in [1.82, 2.24) is 9.88 Å². The van der Waals surface area contributed by atoms with Gasteiger partial charge in [-0.05, 0) is 34.8 Å². The van der Waals surface area contributed by atoms with E-state index in [1.807, 2.05) is 17.7 Å². The molecule has 1 aliphatic carbocycles. The predicted molar refractivity (Wildman–Crippen MR) is 70.4 cm³/mol. The quantitative estimate of drug-likeness (QED) is 0.919. The van der Waals surface area contributed by atoms with Crippen LogP contribution in [-0.4, -0.2) is 10.6 Å². The summed E-state index contributed by atoms with van der Waals surface area (Å²) in [5, 5.41) is 4.41. The molecule has 1 fully saturated rings. The Kier molecular flexibility index (Phi) is 2.71. The first-order valence-electron chi connectivity index (χ1n) is 5.83. The van der Waals surface area contributed by atoms with Gasteiger partial charge in [-0.1, -0.05) is 12.1 Å². The van der Waals surface area contributed by atoms with Crippen LogP contribution in [0.3, 0.4) is 0 Å². The largest absolute Gasteiger partial charge is 0.343 e. The van der Waals surface area contributed by atoms with Crippen LogP contribution in [-0.2, 0) is 13.6 Å². The van der Waals surface area contributed by atoms with Crippen LogP contribution in [0, 0.1) is 5.82 Å². The summed E-state index contributed by atoms with van der Waals surface area (Å²) in [5.74, 6) is -0.164. The molecule has 0 spiro atoms. The molecular formula is C13H14BrFN2. The first-order chi connectivity index (χ1) is 8.18. The van der Waals surface area contributed by atoms with Gasteiger partial charge in [0.1, 0.15) is 5.82 Å². The Hall–Kier alpha value is -0.870. The number of benzene rings is 1. The van der Waals surface area contributed by atoms with Crippen molar-refractivity contribution in [3.63, 3.8) is 0 Å². The van der Waals surface area contributed by atoms with Crippen LogP contribution in [0.2, 0.25) is 0 Å². The molecule has 2 aromatic rings. The number of rotatable bonds is 3. The first-order valence-corrected chi connectivity index (χ1v) is 6.62. The summed E-state index contributed by atoms with van der Waals surface area (Å²) in [6, 6.07) is 5.86. The van der Waals surface area contributed by atoms with Gasteiger partial charge in [0.2, 0.25) is 0 Å². The minimum atomic E-state index is -0.164. The van der Waals surface area contributed by atoms with E-state index in [1.54, 1.807) is 6.07 Å². The van der Waals surface area contributed by atoms with Crippen molar-refractivity contribution in [2.75, 3.05) is 0 Å². The molecule has 3 rings (SSSR count). The maximum Gasteiger partial charge on any atom is 0.147 e. The molecule has 1 aromatic carbocycles. The summed E-state index contributed by atoms with van der Waals surface area (Å²) in [6.07, 6.45) is 2.52. The van der Waals surface area contributed by atoms with E-state index in [2.05, 4.69) is 21.2 Å². The molecule has 0 unspecified atom stereocenters. The molecule has 1 N–H and O–H groups in total. The topological polar surface area (TPSA) is 17.0 Å².